The Kier molecular flexibility index (Phi) is 6.07. The number of hydrogen-bond donors (Lipinski definition) is 1. The number of benzene rings is 1. The molecule has 6 rings (SSSR count). The van der Waals surface area contributed by atoms with Gasteiger partial charge < -0.3 is 14.8 Å². The molecule has 14 heteroatoms. The van der Waals surface area contributed by atoms with Gasteiger partial charge in [0.1, 0.15) is 23.7 Å². The van der Waals surface area contributed by atoms with Crippen LogP contribution >= 0.6 is 0 Å². The summed E-state index contributed by atoms with van der Waals surface area (Å²) < 4.78 is 68.9. The summed E-state index contributed by atoms with van der Waals surface area (Å²) in [6.07, 6.45) is -1.56. The highest BCUT2D eigenvalue weighted by atomic mass is 19.3. The minimum atomic E-state index is -2.67. The van der Waals surface area contributed by atoms with Gasteiger partial charge in [-0.1, -0.05) is 5.21 Å². The van der Waals surface area contributed by atoms with Crippen LogP contribution in [-0.4, -0.2) is 92.6 Å². The molecule has 5 heterocycles. The number of nitrogens with zero attached hydrogens (tertiary/aromatic N) is 7. The van der Waals surface area contributed by atoms with E-state index in [1.807, 2.05) is 0 Å². The molecule has 0 radical (unpaired) electrons. The van der Waals surface area contributed by atoms with Crippen LogP contribution in [0, 0.1) is 5.82 Å². The van der Waals surface area contributed by atoms with Gasteiger partial charge in [-0.15, -0.1) is 10.2 Å². The molecule has 2 aliphatic rings. The van der Waals surface area contributed by atoms with Crippen LogP contribution in [0.25, 0.3) is 27.7 Å². The smallest absolute Gasteiger partial charge is 0.258 e. The maximum absolute atomic E-state index is 14.9. The molecule has 0 aliphatic carbocycles. The van der Waals surface area contributed by atoms with E-state index in [9.17, 15) is 17.6 Å². The number of ether oxygens (including phenoxy) is 2. The molecule has 3 aromatic heterocycles. The number of rotatable bonds is 7. The Morgan fingerprint density at radius 2 is 2.11 bits per heavy atom. The summed E-state index contributed by atoms with van der Waals surface area (Å²) in [6.45, 7) is 1.62. The Labute approximate surface area is 208 Å². The summed E-state index contributed by atoms with van der Waals surface area (Å²) >= 11 is 0. The quantitative estimate of drug-likeness (QED) is 0.372. The van der Waals surface area contributed by atoms with Crippen molar-refractivity contribution in [3.05, 3.63) is 30.2 Å². The molecule has 0 bridgehead atoms. The van der Waals surface area contributed by atoms with Crippen LogP contribution in [0.3, 0.4) is 0 Å². The molecule has 1 aromatic carbocycles. The fourth-order valence-corrected chi connectivity index (χ4v) is 4.90. The number of hydrogen-bond acceptors (Lipinski definition) is 8. The summed E-state index contributed by atoms with van der Waals surface area (Å²) in [6, 6.07) is 4.29. The standard InChI is InChI=1S/C23H24F4N8O2/c1-36-22-21-14(12-6-15(24)20-18(7-12)35(32-30-20)9-19(26)27)2-5-34(21)31-23(29-22)28-17-3-4-33(8-16(17)25)13-10-37-11-13/h2,5-7,13,16-17,19H,3-4,8-11H2,1H3,(H,28,31)/t16-,17+/m1/s1. The largest absolute Gasteiger partial charge is 0.479 e. The fraction of sp³-hybridized carbons (Fsp3) is 0.478. The molecule has 2 fully saturated rings. The second-order valence-corrected chi connectivity index (χ2v) is 9.20. The zero-order valence-electron chi connectivity index (χ0n) is 19.8. The molecule has 2 saturated heterocycles. The molecule has 0 spiro atoms. The molecule has 37 heavy (non-hydrogen) atoms. The first kappa shape index (κ1) is 23.9. The van der Waals surface area contributed by atoms with Gasteiger partial charge in [-0.3, -0.25) is 4.90 Å². The van der Waals surface area contributed by atoms with Crippen molar-refractivity contribution < 1.29 is 27.0 Å². The summed E-state index contributed by atoms with van der Waals surface area (Å²) in [4.78, 5) is 6.54. The van der Waals surface area contributed by atoms with Crippen LogP contribution < -0.4 is 10.1 Å². The summed E-state index contributed by atoms with van der Waals surface area (Å²) in [7, 11) is 1.44. The second-order valence-electron chi connectivity index (χ2n) is 9.20. The molecule has 196 valence electrons. The van der Waals surface area contributed by atoms with Gasteiger partial charge in [-0.25, -0.2) is 26.8 Å². The van der Waals surface area contributed by atoms with Crippen LogP contribution in [0.4, 0.5) is 23.5 Å². The lowest BCUT2D eigenvalue weighted by atomic mass is 10.0. The van der Waals surface area contributed by atoms with Crippen molar-refractivity contribution in [2.45, 2.75) is 37.6 Å². The van der Waals surface area contributed by atoms with Crippen molar-refractivity contribution in [2.24, 2.45) is 0 Å². The topological polar surface area (TPSA) is 94.6 Å². The lowest BCUT2D eigenvalue weighted by molar-refractivity contribution is -0.0794. The van der Waals surface area contributed by atoms with E-state index in [1.165, 1.54) is 23.8 Å². The average Bonchev–Trinajstić information content (AvgIpc) is 3.43. The first-order valence-corrected chi connectivity index (χ1v) is 11.9. The SMILES string of the molecule is COc1nc(N[C@H]2CCN(C3COC3)C[C@H]2F)nn2ccc(-c3cc(F)c4nnn(CC(F)F)c4c3)c12. The number of alkyl halides is 3. The maximum Gasteiger partial charge on any atom is 0.258 e. The van der Waals surface area contributed by atoms with Crippen molar-refractivity contribution in [3.8, 4) is 17.0 Å². The molecule has 2 aliphatic heterocycles. The van der Waals surface area contributed by atoms with Crippen molar-refractivity contribution in [3.63, 3.8) is 0 Å². The minimum Gasteiger partial charge on any atom is -0.479 e. The molecular weight excluding hydrogens is 496 g/mol. The van der Waals surface area contributed by atoms with Crippen LogP contribution in [-0.2, 0) is 11.3 Å². The summed E-state index contributed by atoms with van der Waals surface area (Å²) in [5, 5.41) is 14.9. The molecule has 2 atom stereocenters. The second kappa shape index (κ2) is 9.41. The monoisotopic (exact) mass is 520 g/mol. The third kappa shape index (κ3) is 4.33. The predicted molar refractivity (Wildman–Crippen MR) is 125 cm³/mol. The van der Waals surface area contributed by atoms with Crippen LogP contribution in [0.15, 0.2) is 24.4 Å². The molecular formula is C23H24F4N8O2. The van der Waals surface area contributed by atoms with Gasteiger partial charge in [0.2, 0.25) is 11.8 Å². The predicted octanol–water partition coefficient (Wildman–Crippen LogP) is 2.78. The van der Waals surface area contributed by atoms with Crippen molar-refractivity contribution in [2.75, 3.05) is 38.7 Å². The number of halogens is 4. The molecule has 1 N–H and O–H groups in total. The molecule has 0 saturated carbocycles. The summed E-state index contributed by atoms with van der Waals surface area (Å²) in [5.74, 6) is -0.309. The van der Waals surface area contributed by atoms with Gasteiger partial charge in [-0.05, 0) is 30.2 Å². The number of piperidine rings is 1. The Balaban J connectivity index is 1.31. The van der Waals surface area contributed by atoms with Crippen LogP contribution in [0.2, 0.25) is 0 Å². The Hall–Kier alpha value is -3.52. The zero-order valence-corrected chi connectivity index (χ0v) is 19.8. The average molecular weight is 520 g/mol. The lowest BCUT2D eigenvalue weighted by Crippen LogP contribution is -2.57. The van der Waals surface area contributed by atoms with Crippen molar-refractivity contribution >= 4 is 22.5 Å². The Morgan fingerprint density at radius 1 is 1.27 bits per heavy atom. The molecule has 0 amide bonds. The highest BCUT2D eigenvalue weighted by Crippen LogP contribution is 2.34. The minimum absolute atomic E-state index is 0.0979. The van der Waals surface area contributed by atoms with E-state index in [-0.39, 0.29) is 28.9 Å². The number of nitrogens with one attached hydrogen (secondary N) is 1. The highest BCUT2D eigenvalue weighted by molar-refractivity contribution is 5.89. The first-order valence-electron chi connectivity index (χ1n) is 11.9. The third-order valence-corrected chi connectivity index (χ3v) is 6.89. The van der Waals surface area contributed by atoms with Gasteiger partial charge in [0, 0.05) is 24.8 Å². The number of anilines is 1. The van der Waals surface area contributed by atoms with Gasteiger partial charge >= 0.3 is 0 Å². The Morgan fingerprint density at radius 3 is 2.81 bits per heavy atom. The number of aromatic nitrogens is 6. The zero-order chi connectivity index (χ0) is 25.7. The van der Waals surface area contributed by atoms with Gasteiger partial charge in [0.05, 0.1) is 37.9 Å². The highest BCUT2D eigenvalue weighted by Gasteiger charge is 2.35. The van der Waals surface area contributed by atoms with Crippen molar-refractivity contribution in [1.29, 1.82) is 0 Å². The van der Waals surface area contributed by atoms with Crippen molar-refractivity contribution in [1.82, 2.24) is 34.5 Å². The Bertz CT molecular complexity index is 1440. The molecule has 10 nitrogen and oxygen atoms in total. The van der Waals surface area contributed by atoms with Gasteiger partial charge in [0.25, 0.3) is 6.43 Å². The van der Waals surface area contributed by atoms with E-state index < -0.39 is 31.0 Å². The van der Waals surface area contributed by atoms with E-state index in [1.54, 1.807) is 12.3 Å². The molecule has 0 unspecified atom stereocenters. The number of likely N-dealkylation sites (tertiary alicyclic amines) is 1. The van der Waals surface area contributed by atoms with Crippen LogP contribution in [0.1, 0.15) is 6.42 Å². The van der Waals surface area contributed by atoms with Gasteiger partial charge in [0.15, 0.2) is 5.82 Å². The number of fused-ring (bicyclic) bond motifs is 2. The van der Waals surface area contributed by atoms with E-state index in [0.29, 0.717) is 42.8 Å². The van der Waals surface area contributed by atoms with E-state index in [4.69, 9.17) is 9.47 Å². The van der Waals surface area contributed by atoms with E-state index in [2.05, 4.69) is 30.6 Å². The lowest BCUT2D eigenvalue weighted by Gasteiger charge is -2.42. The van der Waals surface area contributed by atoms with Crippen LogP contribution in [0.5, 0.6) is 5.88 Å². The van der Waals surface area contributed by atoms with Gasteiger partial charge in [-0.2, -0.15) is 4.98 Å². The normalized spacial score (nSPS) is 21.1. The third-order valence-electron chi connectivity index (χ3n) is 6.89. The first-order chi connectivity index (χ1) is 17.9. The summed E-state index contributed by atoms with van der Waals surface area (Å²) in [5.41, 5.74) is 1.40. The maximum atomic E-state index is 14.9. The molecule has 4 aromatic rings. The fourth-order valence-electron chi connectivity index (χ4n) is 4.90. The number of methoxy groups -OCH3 is 1. The van der Waals surface area contributed by atoms with E-state index >= 15 is 0 Å². The van der Waals surface area contributed by atoms with E-state index in [0.717, 1.165) is 11.2 Å².